The van der Waals surface area contributed by atoms with Crippen LogP contribution in [0.25, 0.3) is 0 Å². The fraction of sp³-hybridized carbons (Fsp3) is 0.588. The fourth-order valence-corrected chi connectivity index (χ4v) is 3.22. The first-order valence-electron chi connectivity index (χ1n) is 8.10. The summed E-state index contributed by atoms with van der Waals surface area (Å²) in [6.45, 7) is 6.13. The average molecular weight is 329 g/mol. The monoisotopic (exact) mass is 329 g/mol. The molecule has 0 bridgehead atoms. The summed E-state index contributed by atoms with van der Waals surface area (Å²) in [5.41, 5.74) is -0.334. The van der Waals surface area contributed by atoms with E-state index in [-0.39, 0.29) is 5.69 Å². The minimum Gasteiger partial charge on any atom is -0.334 e. The van der Waals surface area contributed by atoms with E-state index in [4.69, 9.17) is 0 Å². The number of benzene rings is 1. The third-order valence-corrected chi connectivity index (χ3v) is 5.01. The molecular formula is C17H24F3N2O+. The second kappa shape index (κ2) is 7.34. The van der Waals surface area contributed by atoms with Gasteiger partial charge in [-0.05, 0) is 44.2 Å². The maximum absolute atomic E-state index is 13.6. The molecule has 0 aliphatic heterocycles. The number of hydrogen-bond acceptors (Lipinski definition) is 1. The molecule has 0 unspecified atom stereocenters. The minimum absolute atomic E-state index is 0.334. The standard InChI is InChI=1S/C17H23F3N2O/c1-9-5-4-6-13(10(9)2)21-11(3)17(23)22-14-8-7-12(18)15(19)16(14)20/h7-11,13,21H,4-6H2,1-3H3,(H,22,23)/p+1/t9-,10-,11+,13+/m1/s1. The molecule has 0 aromatic heterocycles. The van der Waals surface area contributed by atoms with Gasteiger partial charge in [0.2, 0.25) is 0 Å². The smallest absolute Gasteiger partial charge is 0.282 e. The largest absolute Gasteiger partial charge is 0.334 e. The Bertz CT molecular complexity index is 579. The van der Waals surface area contributed by atoms with Crippen molar-refractivity contribution in [2.75, 3.05) is 5.32 Å². The fourth-order valence-electron chi connectivity index (χ4n) is 3.22. The van der Waals surface area contributed by atoms with Gasteiger partial charge >= 0.3 is 0 Å². The van der Waals surface area contributed by atoms with Crippen LogP contribution in [-0.2, 0) is 4.79 Å². The second-order valence-corrected chi connectivity index (χ2v) is 6.62. The summed E-state index contributed by atoms with van der Waals surface area (Å²) < 4.78 is 39.7. The van der Waals surface area contributed by atoms with Crippen molar-refractivity contribution in [3.8, 4) is 0 Å². The van der Waals surface area contributed by atoms with E-state index in [0.29, 0.717) is 17.9 Å². The number of hydrogen-bond donors (Lipinski definition) is 2. The second-order valence-electron chi connectivity index (χ2n) is 6.62. The highest BCUT2D eigenvalue weighted by atomic mass is 19.2. The highest BCUT2D eigenvalue weighted by Crippen LogP contribution is 2.27. The molecule has 0 saturated heterocycles. The number of carbonyl (C=O) groups excluding carboxylic acids is 1. The molecule has 0 spiro atoms. The minimum atomic E-state index is -1.57. The summed E-state index contributed by atoms with van der Waals surface area (Å²) in [5.74, 6) is -3.52. The zero-order valence-corrected chi connectivity index (χ0v) is 13.7. The van der Waals surface area contributed by atoms with Gasteiger partial charge in [0.25, 0.3) is 5.91 Å². The molecule has 1 aliphatic carbocycles. The average Bonchev–Trinajstić information content (AvgIpc) is 2.52. The molecule has 1 aromatic carbocycles. The van der Waals surface area contributed by atoms with Crippen molar-refractivity contribution in [1.82, 2.24) is 0 Å². The SMILES string of the molecule is C[C@@H]1[C@H](C)CCC[C@@H]1[NH2+][C@@H](C)C(=O)Nc1ccc(F)c(F)c1F. The lowest BCUT2D eigenvalue weighted by atomic mass is 9.78. The molecule has 3 N–H and O–H groups in total. The maximum Gasteiger partial charge on any atom is 0.282 e. The first-order valence-corrected chi connectivity index (χ1v) is 8.10. The Hall–Kier alpha value is -1.56. The lowest BCUT2D eigenvalue weighted by Gasteiger charge is -2.33. The Kier molecular flexibility index (Phi) is 5.68. The van der Waals surface area contributed by atoms with Crippen molar-refractivity contribution in [3.05, 3.63) is 29.6 Å². The van der Waals surface area contributed by atoms with Crippen LogP contribution in [0, 0.1) is 29.3 Å². The number of quaternary nitrogens is 1. The van der Waals surface area contributed by atoms with Gasteiger partial charge in [-0.15, -0.1) is 0 Å². The lowest BCUT2D eigenvalue weighted by molar-refractivity contribution is -0.715. The van der Waals surface area contributed by atoms with Gasteiger partial charge < -0.3 is 10.6 Å². The Morgan fingerprint density at radius 3 is 2.61 bits per heavy atom. The molecule has 3 nitrogen and oxygen atoms in total. The van der Waals surface area contributed by atoms with Crippen LogP contribution in [0.5, 0.6) is 0 Å². The van der Waals surface area contributed by atoms with Gasteiger partial charge in [-0.25, -0.2) is 13.2 Å². The Morgan fingerprint density at radius 1 is 1.22 bits per heavy atom. The molecule has 2 rings (SSSR count). The van der Waals surface area contributed by atoms with Gasteiger partial charge in [-0.2, -0.15) is 0 Å². The Labute approximate surface area is 134 Å². The van der Waals surface area contributed by atoms with Crippen molar-refractivity contribution in [2.24, 2.45) is 11.8 Å². The van der Waals surface area contributed by atoms with E-state index in [1.54, 1.807) is 6.92 Å². The molecule has 128 valence electrons. The Morgan fingerprint density at radius 2 is 1.91 bits per heavy atom. The van der Waals surface area contributed by atoms with Gasteiger partial charge in [0.1, 0.15) is 0 Å². The number of nitrogens with one attached hydrogen (secondary N) is 1. The van der Waals surface area contributed by atoms with Crippen LogP contribution in [-0.4, -0.2) is 18.0 Å². The molecule has 1 aromatic rings. The van der Waals surface area contributed by atoms with Gasteiger partial charge in [-0.3, -0.25) is 4.79 Å². The number of anilines is 1. The van der Waals surface area contributed by atoms with E-state index in [1.807, 2.05) is 5.32 Å². The topological polar surface area (TPSA) is 45.7 Å². The third-order valence-electron chi connectivity index (χ3n) is 5.01. The molecule has 0 radical (unpaired) electrons. The molecule has 0 heterocycles. The van der Waals surface area contributed by atoms with Crippen LogP contribution in [0.2, 0.25) is 0 Å². The van der Waals surface area contributed by atoms with E-state index in [2.05, 4.69) is 19.2 Å². The van der Waals surface area contributed by atoms with Crippen LogP contribution < -0.4 is 10.6 Å². The number of halogens is 3. The summed E-state index contributed by atoms with van der Waals surface area (Å²) in [6, 6.07) is 1.74. The molecular weight excluding hydrogens is 305 g/mol. The molecule has 4 atom stereocenters. The van der Waals surface area contributed by atoms with E-state index in [9.17, 15) is 18.0 Å². The third kappa shape index (κ3) is 4.05. The van der Waals surface area contributed by atoms with Crippen molar-refractivity contribution in [3.63, 3.8) is 0 Å². The van der Waals surface area contributed by atoms with Crippen LogP contribution in [0.1, 0.15) is 40.0 Å². The van der Waals surface area contributed by atoms with Crippen LogP contribution in [0.3, 0.4) is 0 Å². The normalized spacial score (nSPS) is 25.9. The van der Waals surface area contributed by atoms with E-state index in [0.717, 1.165) is 25.0 Å². The first-order chi connectivity index (χ1) is 10.8. The predicted octanol–water partition coefficient (Wildman–Crippen LogP) is 2.82. The highest BCUT2D eigenvalue weighted by Gasteiger charge is 2.32. The number of carbonyl (C=O) groups is 1. The zero-order valence-electron chi connectivity index (χ0n) is 13.7. The van der Waals surface area contributed by atoms with Gasteiger partial charge in [0.15, 0.2) is 23.5 Å². The molecule has 23 heavy (non-hydrogen) atoms. The number of rotatable bonds is 4. The Balaban J connectivity index is 1.99. The summed E-state index contributed by atoms with van der Waals surface area (Å²) in [7, 11) is 0. The van der Waals surface area contributed by atoms with Crippen molar-refractivity contribution in [2.45, 2.75) is 52.1 Å². The van der Waals surface area contributed by atoms with Gasteiger partial charge in [0, 0.05) is 5.92 Å². The summed E-state index contributed by atoms with van der Waals surface area (Å²) >= 11 is 0. The van der Waals surface area contributed by atoms with Gasteiger partial charge in [-0.1, -0.05) is 13.8 Å². The molecule has 1 aliphatic rings. The first kappa shape index (κ1) is 17.8. The molecule has 1 fully saturated rings. The predicted molar refractivity (Wildman–Crippen MR) is 82.3 cm³/mol. The van der Waals surface area contributed by atoms with Crippen molar-refractivity contribution >= 4 is 11.6 Å². The van der Waals surface area contributed by atoms with Crippen molar-refractivity contribution < 1.29 is 23.3 Å². The molecule has 1 amide bonds. The molecule has 6 heteroatoms. The van der Waals surface area contributed by atoms with Gasteiger partial charge in [0.05, 0.1) is 11.7 Å². The molecule has 1 saturated carbocycles. The van der Waals surface area contributed by atoms with Crippen molar-refractivity contribution in [1.29, 1.82) is 0 Å². The quantitative estimate of drug-likeness (QED) is 0.820. The number of amides is 1. The lowest BCUT2D eigenvalue weighted by Crippen LogP contribution is -2.97. The summed E-state index contributed by atoms with van der Waals surface area (Å²) in [5, 5.41) is 4.34. The summed E-state index contributed by atoms with van der Waals surface area (Å²) in [6.07, 6.45) is 3.38. The number of nitrogens with two attached hydrogens (primary N) is 1. The van der Waals surface area contributed by atoms with E-state index >= 15 is 0 Å². The highest BCUT2D eigenvalue weighted by molar-refractivity contribution is 5.93. The van der Waals surface area contributed by atoms with E-state index in [1.165, 1.54) is 6.42 Å². The summed E-state index contributed by atoms with van der Waals surface area (Å²) in [4.78, 5) is 12.2. The maximum atomic E-state index is 13.6. The zero-order chi connectivity index (χ0) is 17.1. The van der Waals surface area contributed by atoms with Crippen LogP contribution in [0.15, 0.2) is 12.1 Å². The van der Waals surface area contributed by atoms with Crippen LogP contribution in [0.4, 0.5) is 18.9 Å². The van der Waals surface area contributed by atoms with Crippen LogP contribution >= 0.6 is 0 Å². The van der Waals surface area contributed by atoms with E-state index < -0.39 is 29.4 Å².